The number of carbonyl (C=O) groups is 3. The average Bonchev–Trinajstić information content (AvgIpc) is 2.73. The SMILES string of the molecule is C=CC(=O)OCCCCOCC(O)COC(=O)CCCCCOC(=O)C(C)(C)CC. The highest BCUT2D eigenvalue weighted by atomic mass is 16.6. The minimum absolute atomic E-state index is 0.0687. The van der Waals surface area contributed by atoms with Crippen LogP contribution in [0.15, 0.2) is 12.7 Å². The molecule has 0 saturated carbocycles. The number of carbonyl (C=O) groups excluding carboxylic acids is 3. The predicted octanol–water partition coefficient (Wildman–Crippen LogP) is 2.96. The van der Waals surface area contributed by atoms with Crippen LogP contribution in [0.2, 0.25) is 0 Å². The van der Waals surface area contributed by atoms with Crippen molar-refractivity contribution in [3.8, 4) is 0 Å². The summed E-state index contributed by atoms with van der Waals surface area (Å²) in [6.45, 7) is 9.98. The molecule has 0 radical (unpaired) electrons. The summed E-state index contributed by atoms with van der Waals surface area (Å²) in [6, 6.07) is 0. The van der Waals surface area contributed by atoms with Crippen molar-refractivity contribution in [2.24, 2.45) is 5.41 Å². The zero-order valence-electron chi connectivity index (χ0n) is 18.7. The van der Waals surface area contributed by atoms with Crippen LogP contribution >= 0.6 is 0 Å². The van der Waals surface area contributed by atoms with E-state index in [9.17, 15) is 19.5 Å². The van der Waals surface area contributed by atoms with Gasteiger partial charge in [-0.05, 0) is 52.4 Å². The molecule has 0 aromatic carbocycles. The number of aliphatic hydroxyl groups is 1. The van der Waals surface area contributed by atoms with Crippen molar-refractivity contribution in [3.63, 3.8) is 0 Å². The van der Waals surface area contributed by atoms with Crippen LogP contribution in [-0.2, 0) is 33.3 Å². The van der Waals surface area contributed by atoms with E-state index in [1.54, 1.807) is 0 Å². The highest BCUT2D eigenvalue weighted by Gasteiger charge is 2.26. The molecule has 0 saturated heterocycles. The summed E-state index contributed by atoms with van der Waals surface area (Å²) in [7, 11) is 0. The standard InChI is InChI=1S/C22H38O8/c1-5-19(24)28-14-11-10-13-27-16-18(23)17-30-20(25)12-8-7-9-15-29-21(26)22(3,4)6-2/h5,18,23H,1,6-17H2,2-4H3. The van der Waals surface area contributed by atoms with Gasteiger partial charge in [-0.15, -0.1) is 0 Å². The van der Waals surface area contributed by atoms with Crippen molar-refractivity contribution in [1.29, 1.82) is 0 Å². The van der Waals surface area contributed by atoms with Crippen LogP contribution in [0.5, 0.6) is 0 Å². The second-order valence-electron chi connectivity index (χ2n) is 7.67. The van der Waals surface area contributed by atoms with Gasteiger partial charge in [0.1, 0.15) is 12.7 Å². The molecular weight excluding hydrogens is 392 g/mol. The van der Waals surface area contributed by atoms with Gasteiger partial charge in [-0.3, -0.25) is 9.59 Å². The highest BCUT2D eigenvalue weighted by Crippen LogP contribution is 2.21. The van der Waals surface area contributed by atoms with Gasteiger partial charge in [-0.25, -0.2) is 4.79 Å². The Morgan fingerprint density at radius 3 is 2.23 bits per heavy atom. The molecule has 0 aliphatic carbocycles. The van der Waals surface area contributed by atoms with Gasteiger partial charge in [0, 0.05) is 19.1 Å². The van der Waals surface area contributed by atoms with E-state index in [0.29, 0.717) is 45.5 Å². The lowest BCUT2D eigenvalue weighted by Gasteiger charge is -2.20. The Kier molecular flexibility index (Phi) is 15.7. The number of ether oxygens (including phenoxy) is 4. The average molecular weight is 431 g/mol. The molecule has 174 valence electrons. The van der Waals surface area contributed by atoms with Crippen LogP contribution in [-0.4, -0.2) is 62.2 Å². The minimum atomic E-state index is -0.881. The third-order valence-electron chi connectivity index (χ3n) is 4.54. The zero-order valence-corrected chi connectivity index (χ0v) is 18.7. The summed E-state index contributed by atoms with van der Waals surface area (Å²) in [4.78, 5) is 34.3. The largest absolute Gasteiger partial charge is 0.465 e. The van der Waals surface area contributed by atoms with Crippen LogP contribution < -0.4 is 0 Å². The minimum Gasteiger partial charge on any atom is -0.465 e. The molecule has 0 aromatic rings. The van der Waals surface area contributed by atoms with Gasteiger partial charge in [-0.2, -0.15) is 0 Å². The van der Waals surface area contributed by atoms with Crippen LogP contribution in [0.3, 0.4) is 0 Å². The second-order valence-corrected chi connectivity index (χ2v) is 7.67. The lowest BCUT2D eigenvalue weighted by Crippen LogP contribution is -2.26. The van der Waals surface area contributed by atoms with E-state index in [1.165, 1.54) is 0 Å². The Morgan fingerprint density at radius 2 is 1.57 bits per heavy atom. The van der Waals surface area contributed by atoms with E-state index in [0.717, 1.165) is 18.9 Å². The first-order valence-electron chi connectivity index (χ1n) is 10.6. The van der Waals surface area contributed by atoms with Crippen LogP contribution in [0, 0.1) is 5.41 Å². The van der Waals surface area contributed by atoms with Gasteiger partial charge in [0.25, 0.3) is 0 Å². The van der Waals surface area contributed by atoms with Crippen molar-refractivity contribution < 1.29 is 38.4 Å². The molecule has 30 heavy (non-hydrogen) atoms. The van der Waals surface area contributed by atoms with E-state index < -0.39 is 17.5 Å². The smallest absolute Gasteiger partial charge is 0.330 e. The van der Waals surface area contributed by atoms with Gasteiger partial charge in [-0.1, -0.05) is 13.5 Å². The number of esters is 3. The number of unbranched alkanes of at least 4 members (excludes halogenated alkanes) is 3. The lowest BCUT2D eigenvalue weighted by molar-refractivity contribution is -0.154. The summed E-state index contributed by atoms with van der Waals surface area (Å²) in [5, 5.41) is 9.75. The normalized spacial score (nSPS) is 12.1. The molecule has 0 spiro atoms. The second kappa shape index (κ2) is 16.8. The third-order valence-corrected chi connectivity index (χ3v) is 4.54. The molecule has 1 N–H and O–H groups in total. The van der Waals surface area contributed by atoms with E-state index in [-0.39, 0.29) is 31.6 Å². The molecule has 0 fully saturated rings. The maximum atomic E-state index is 11.8. The van der Waals surface area contributed by atoms with E-state index in [1.807, 2.05) is 20.8 Å². The van der Waals surface area contributed by atoms with Gasteiger partial charge >= 0.3 is 17.9 Å². The van der Waals surface area contributed by atoms with Crippen LogP contribution in [0.4, 0.5) is 0 Å². The number of rotatable bonds is 18. The van der Waals surface area contributed by atoms with E-state index in [2.05, 4.69) is 6.58 Å². The Morgan fingerprint density at radius 1 is 0.933 bits per heavy atom. The van der Waals surface area contributed by atoms with Crippen molar-refractivity contribution in [2.45, 2.75) is 71.8 Å². The first-order chi connectivity index (χ1) is 14.2. The first kappa shape index (κ1) is 28.1. The Bertz CT molecular complexity index is 515. The summed E-state index contributed by atoms with van der Waals surface area (Å²) in [5.41, 5.74) is -0.464. The van der Waals surface area contributed by atoms with Crippen molar-refractivity contribution in [2.75, 3.05) is 33.0 Å². The predicted molar refractivity (Wildman–Crippen MR) is 112 cm³/mol. The number of aliphatic hydroxyl groups excluding tert-OH is 1. The van der Waals surface area contributed by atoms with Crippen molar-refractivity contribution >= 4 is 17.9 Å². The first-order valence-corrected chi connectivity index (χ1v) is 10.6. The molecular formula is C22H38O8. The molecule has 0 aliphatic heterocycles. The third kappa shape index (κ3) is 15.0. The van der Waals surface area contributed by atoms with Crippen molar-refractivity contribution in [3.05, 3.63) is 12.7 Å². The Hall–Kier alpha value is -1.93. The molecule has 8 nitrogen and oxygen atoms in total. The number of hydrogen-bond donors (Lipinski definition) is 1. The van der Waals surface area contributed by atoms with Crippen LogP contribution in [0.25, 0.3) is 0 Å². The van der Waals surface area contributed by atoms with Crippen LogP contribution in [0.1, 0.15) is 65.7 Å². The zero-order chi connectivity index (χ0) is 22.8. The lowest BCUT2D eigenvalue weighted by atomic mass is 9.91. The highest BCUT2D eigenvalue weighted by molar-refractivity contribution is 5.81. The summed E-state index contributed by atoms with van der Waals surface area (Å²) < 4.78 is 20.4. The molecule has 0 rings (SSSR count). The molecule has 1 unspecified atom stereocenters. The Labute approximate surface area is 179 Å². The topological polar surface area (TPSA) is 108 Å². The number of hydrogen-bond acceptors (Lipinski definition) is 8. The summed E-state index contributed by atoms with van der Waals surface area (Å²) in [5.74, 6) is -1.02. The molecule has 1 atom stereocenters. The summed E-state index contributed by atoms with van der Waals surface area (Å²) in [6.07, 6.45) is 4.63. The van der Waals surface area contributed by atoms with Gasteiger partial charge in [0.05, 0.1) is 25.2 Å². The van der Waals surface area contributed by atoms with Gasteiger partial charge in [0.2, 0.25) is 0 Å². The monoisotopic (exact) mass is 430 g/mol. The quantitative estimate of drug-likeness (QED) is 0.153. The fourth-order valence-electron chi connectivity index (χ4n) is 2.12. The van der Waals surface area contributed by atoms with E-state index in [4.69, 9.17) is 18.9 Å². The summed E-state index contributed by atoms with van der Waals surface area (Å²) >= 11 is 0. The fraction of sp³-hybridized carbons (Fsp3) is 0.773. The molecule has 0 aliphatic rings. The molecule has 0 aromatic heterocycles. The van der Waals surface area contributed by atoms with E-state index >= 15 is 0 Å². The molecule has 8 heteroatoms. The Balaban J connectivity index is 3.56. The van der Waals surface area contributed by atoms with Crippen molar-refractivity contribution in [1.82, 2.24) is 0 Å². The molecule has 0 amide bonds. The van der Waals surface area contributed by atoms with Gasteiger partial charge in [0.15, 0.2) is 0 Å². The van der Waals surface area contributed by atoms with Gasteiger partial charge < -0.3 is 24.1 Å². The fourth-order valence-corrected chi connectivity index (χ4v) is 2.12. The maximum absolute atomic E-state index is 11.8. The molecule has 0 bridgehead atoms. The maximum Gasteiger partial charge on any atom is 0.330 e. The molecule has 0 heterocycles.